The average Bonchev–Trinajstić information content (AvgIpc) is 2.52. The van der Waals surface area contributed by atoms with Crippen molar-refractivity contribution in [1.82, 2.24) is 0 Å². The first-order valence-corrected chi connectivity index (χ1v) is 6.37. The fourth-order valence-corrected chi connectivity index (χ4v) is 2.24. The monoisotopic (exact) mass is 238 g/mol. The van der Waals surface area contributed by atoms with E-state index in [4.69, 9.17) is 0 Å². The third-order valence-corrected chi connectivity index (χ3v) is 3.27. The van der Waals surface area contributed by atoms with E-state index < -0.39 is 0 Å². The smallest absolute Gasteiger partial charge is 0.0115 e. The summed E-state index contributed by atoms with van der Waals surface area (Å²) >= 11 is 0. The van der Waals surface area contributed by atoms with Crippen molar-refractivity contribution in [2.45, 2.75) is 26.7 Å². The maximum absolute atomic E-state index is 3.96. The molecule has 1 aliphatic carbocycles. The summed E-state index contributed by atoms with van der Waals surface area (Å²) in [5.41, 5.74) is 6.31. The first kappa shape index (κ1) is 14.2. The molecular weight excluding hydrogens is 216 g/mol. The highest BCUT2D eigenvalue weighted by Crippen LogP contribution is 2.32. The zero-order valence-electron chi connectivity index (χ0n) is 11.5. The van der Waals surface area contributed by atoms with Crippen molar-refractivity contribution in [2.24, 2.45) is 0 Å². The molecule has 0 spiro atoms. The molecule has 0 unspecified atom stereocenters. The van der Waals surface area contributed by atoms with Gasteiger partial charge in [0.2, 0.25) is 0 Å². The van der Waals surface area contributed by atoms with E-state index >= 15 is 0 Å². The molecule has 0 aromatic carbocycles. The van der Waals surface area contributed by atoms with Gasteiger partial charge in [0.1, 0.15) is 0 Å². The lowest BCUT2D eigenvalue weighted by Crippen LogP contribution is -1.93. The Kier molecular flexibility index (Phi) is 5.38. The number of hydrogen-bond donors (Lipinski definition) is 0. The largest absolute Gasteiger partial charge is 0.0991 e. The molecule has 1 rings (SSSR count). The number of allylic oxidation sites excluding steroid dienone is 11. The molecule has 0 heteroatoms. The van der Waals surface area contributed by atoms with Gasteiger partial charge in [0.25, 0.3) is 0 Å². The predicted molar refractivity (Wildman–Crippen MR) is 82.4 cm³/mol. The Hall–Kier alpha value is -1.82. The van der Waals surface area contributed by atoms with Crippen LogP contribution < -0.4 is 0 Å². The summed E-state index contributed by atoms with van der Waals surface area (Å²) in [6, 6.07) is 0. The Bertz CT molecular complexity index is 476. The molecule has 0 fully saturated rings. The van der Waals surface area contributed by atoms with Crippen LogP contribution >= 0.6 is 0 Å². The van der Waals surface area contributed by atoms with Crippen molar-refractivity contribution in [3.63, 3.8) is 0 Å². The Labute approximate surface area is 111 Å². The minimum atomic E-state index is 0.994. The van der Waals surface area contributed by atoms with E-state index in [0.717, 1.165) is 12.8 Å². The molecule has 0 heterocycles. The van der Waals surface area contributed by atoms with Gasteiger partial charge in [-0.15, -0.1) is 0 Å². The van der Waals surface area contributed by atoms with E-state index in [1.165, 1.54) is 27.9 Å². The van der Waals surface area contributed by atoms with E-state index in [1.807, 2.05) is 18.2 Å². The van der Waals surface area contributed by atoms with Crippen molar-refractivity contribution in [2.75, 3.05) is 0 Å². The Balaban J connectivity index is 3.53. The van der Waals surface area contributed by atoms with Crippen LogP contribution in [-0.4, -0.2) is 0 Å². The second-order valence-electron chi connectivity index (χ2n) is 4.29. The summed E-state index contributed by atoms with van der Waals surface area (Å²) in [5, 5.41) is 0. The van der Waals surface area contributed by atoms with Crippen LogP contribution in [0.1, 0.15) is 26.7 Å². The SMILES string of the molecule is C=C/C=C\C1=C(CC)CC=C(C)C(C=C)=C1C=C. The molecule has 0 aromatic rings. The van der Waals surface area contributed by atoms with Gasteiger partial charge in [-0.1, -0.05) is 68.7 Å². The van der Waals surface area contributed by atoms with Gasteiger partial charge in [-0.3, -0.25) is 0 Å². The predicted octanol–water partition coefficient (Wildman–Crippen LogP) is 5.45. The van der Waals surface area contributed by atoms with E-state index in [0.29, 0.717) is 0 Å². The van der Waals surface area contributed by atoms with Crippen molar-refractivity contribution < 1.29 is 0 Å². The summed E-state index contributed by atoms with van der Waals surface area (Å²) in [6.45, 7) is 16.0. The maximum Gasteiger partial charge on any atom is -0.0115 e. The van der Waals surface area contributed by atoms with Crippen LogP contribution in [-0.2, 0) is 0 Å². The Morgan fingerprint density at radius 2 is 1.78 bits per heavy atom. The van der Waals surface area contributed by atoms with Gasteiger partial charge in [-0.05, 0) is 42.1 Å². The van der Waals surface area contributed by atoms with Crippen LogP contribution in [0.3, 0.4) is 0 Å². The third-order valence-electron chi connectivity index (χ3n) is 3.27. The molecule has 0 aliphatic heterocycles. The van der Waals surface area contributed by atoms with Gasteiger partial charge in [0, 0.05) is 0 Å². The fraction of sp³-hybridized carbons (Fsp3) is 0.222. The Morgan fingerprint density at radius 1 is 1.11 bits per heavy atom. The highest BCUT2D eigenvalue weighted by molar-refractivity contribution is 5.60. The summed E-state index contributed by atoms with van der Waals surface area (Å²) < 4.78 is 0. The van der Waals surface area contributed by atoms with Gasteiger partial charge in [0.05, 0.1) is 0 Å². The highest BCUT2D eigenvalue weighted by Gasteiger charge is 2.13. The van der Waals surface area contributed by atoms with Crippen LogP contribution in [0.25, 0.3) is 0 Å². The van der Waals surface area contributed by atoms with Crippen molar-refractivity contribution >= 4 is 0 Å². The average molecular weight is 238 g/mol. The van der Waals surface area contributed by atoms with Gasteiger partial charge < -0.3 is 0 Å². The molecule has 94 valence electrons. The van der Waals surface area contributed by atoms with E-state index in [-0.39, 0.29) is 0 Å². The zero-order chi connectivity index (χ0) is 13.5. The number of hydrogen-bond acceptors (Lipinski definition) is 0. The summed E-state index contributed by atoms with van der Waals surface area (Å²) in [5.74, 6) is 0. The van der Waals surface area contributed by atoms with E-state index in [1.54, 1.807) is 6.08 Å². The standard InChI is InChI=1S/C18H22/c1-6-10-11-18-15(7-2)13-12-14(5)16(8-3)17(18)9-4/h6,8-12H,1,3-4,7,13H2,2,5H3/b11-10-. The quantitative estimate of drug-likeness (QED) is 0.558. The normalized spacial score (nSPS) is 16.7. The highest BCUT2D eigenvalue weighted by atomic mass is 14.2. The van der Waals surface area contributed by atoms with Gasteiger partial charge in [-0.2, -0.15) is 0 Å². The molecule has 0 saturated carbocycles. The lowest BCUT2D eigenvalue weighted by Gasteiger charge is -2.11. The van der Waals surface area contributed by atoms with E-state index in [9.17, 15) is 0 Å². The third kappa shape index (κ3) is 2.89. The molecule has 0 saturated heterocycles. The van der Waals surface area contributed by atoms with Crippen LogP contribution in [0.15, 0.2) is 84.1 Å². The van der Waals surface area contributed by atoms with Gasteiger partial charge >= 0.3 is 0 Å². The lowest BCUT2D eigenvalue weighted by atomic mass is 9.93. The van der Waals surface area contributed by atoms with Crippen LogP contribution in [0, 0.1) is 0 Å². The topological polar surface area (TPSA) is 0 Å². The molecule has 0 aromatic heterocycles. The minimum absolute atomic E-state index is 0.994. The second kappa shape index (κ2) is 6.80. The fourth-order valence-electron chi connectivity index (χ4n) is 2.24. The minimum Gasteiger partial charge on any atom is -0.0991 e. The van der Waals surface area contributed by atoms with Crippen LogP contribution in [0.5, 0.6) is 0 Å². The molecular formula is C18H22. The first-order chi connectivity index (χ1) is 8.69. The Morgan fingerprint density at radius 3 is 2.28 bits per heavy atom. The molecule has 0 radical (unpaired) electrons. The molecule has 0 atom stereocenters. The summed E-state index contributed by atoms with van der Waals surface area (Å²) in [4.78, 5) is 0. The number of rotatable bonds is 5. The zero-order valence-corrected chi connectivity index (χ0v) is 11.5. The maximum atomic E-state index is 3.96. The van der Waals surface area contributed by atoms with Gasteiger partial charge in [0.15, 0.2) is 0 Å². The summed E-state index contributed by atoms with van der Waals surface area (Å²) in [7, 11) is 0. The van der Waals surface area contributed by atoms with E-state index in [2.05, 4.69) is 45.7 Å². The molecule has 1 aliphatic rings. The van der Waals surface area contributed by atoms with Crippen molar-refractivity contribution in [3.8, 4) is 0 Å². The van der Waals surface area contributed by atoms with Crippen LogP contribution in [0.2, 0.25) is 0 Å². The lowest BCUT2D eigenvalue weighted by molar-refractivity contribution is 1.01. The molecule has 18 heavy (non-hydrogen) atoms. The van der Waals surface area contributed by atoms with Gasteiger partial charge in [-0.25, -0.2) is 0 Å². The first-order valence-electron chi connectivity index (χ1n) is 6.37. The summed E-state index contributed by atoms with van der Waals surface area (Å²) in [6.07, 6.45) is 14.1. The second-order valence-corrected chi connectivity index (χ2v) is 4.29. The molecule has 0 amide bonds. The molecule has 0 nitrogen and oxygen atoms in total. The molecule has 0 N–H and O–H groups in total. The van der Waals surface area contributed by atoms with Crippen LogP contribution in [0.4, 0.5) is 0 Å². The van der Waals surface area contributed by atoms with Crippen molar-refractivity contribution in [1.29, 1.82) is 0 Å². The van der Waals surface area contributed by atoms with Crippen molar-refractivity contribution in [3.05, 3.63) is 84.1 Å². The molecule has 0 bridgehead atoms.